The van der Waals surface area contributed by atoms with Crippen LogP contribution in [0, 0.1) is 25.5 Å². The van der Waals surface area contributed by atoms with Gasteiger partial charge in [0, 0.05) is 58.9 Å². The quantitative estimate of drug-likeness (QED) is 0.117. The van der Waals surface area contributed by atoms with E-state index in [1.807, 2.05) is 135 Å². The summed E-state index contributed by atoms with van der Waals surface area (Å²) in [4.78, 5) is 24.7. The average molecular weight is 967 g/mol. The van der Waals surface area contributed by atoms with E-state index >= 15 is 0 Å². The lowest BCUT2D eigenvalue weighted by molar-refractivity contribution is 0.0590. The van der Waals surface area contributed by atoms with Gasteiger partial charge in [-0.05, 0) is 121 Å². The summed E-state index contributed by atoms with van der Waals surface area (Å²) in [7, 11) is 2.82. The number of para-hydroxylation sites is 2. The molecule has 368 valence electrons. The van der Waals surface area contributed by atoms with Crippen molar-refractivity contribution in [3.05, 3.63) is 225 Å². The molecule has 8 aromatic carbocycles. The van der Waals surface area contributed by atoms with Crippen LogP contribution >= 0.6 is 0 Å². The number of hydrogen-bond donors (Lipinski definition) is 2. The number of methoxy groups -OCH3 is 2. The van der Waals surface area contributed by atoms with Gasteiger partial charge in [0.2, 0.25) is 0 Å². The number of hydrogen-bond acceptors (Lipinski definition) is 8. The summed E-state index contributed by atoms with van der Waals surface area (Å²) in [5, 5.41) is 10.3. The number of ether oxygens (including phenoxy) is 4. The third-order valence-corrected chi connectivity index (χ3v) is 14.4. The smallest absolute Gasteiger partial charge is 0.338 e. The Kier molecular flexibility index (Phi) is 15.1. The van der Waals surface area contributed by atoms with Gasteiger partial charge < -0.3 is 29.6 Å². The molecule has 0 aliphatic carbocycles. The summed E-state index contributed by atoms with van der Waals surface area (Å²) in [6.45, 7) is 9.29. The fourth-order valence-corrected chi connectivity index (χ4v) is 10.4. The molecule has 0 unspecified atom stereocenters. The number of aryl methyl sites for hydroxylation is 2. The second-order valence-electron chi connectivity index (χ2n) is 18.9. The molecule has 72 heavy (non-hydrogen) atoms. The molecule has 8 aromatic rings. The number of carbonyl (C=O) groups excluding carboxylic acids is 2. The second kappa shape index (κ2) is 21.9. The third-order valence-electron chi connectivity index (χ3n) is 14.4. The van der Waals surface area contributed by atoms with E-state index in [2.05, 4.69) is 48.7 Å². The van der Waals surface area contributed by atoms with Gasteiger partial charge in [-0.2, -0.15) is 0 Å². The van der Waals surface area contributed by atoms with Crippen LogP contribution in [0.1, 0.15) is 116 Å². The molecule has 10 rings (SSSR count). The van der Waals surface area contributed by atoms with E-state index in [0.717, 1.165) is 79.6 Å². The third kappa shape index (κ3) is 10.5. The number of esters is 2. The van der Waals surface area contributed by atoms with Crippen molar-refractivity contribution in [3.63, 3.8) is 0 Å². The summed E-state index contributed by atoms with van der Waals surface area (Å²) < 4.78 is 51.4. The molecular weight excluding hydrogens is 907 g/mol. The maximum absolute atomic E-state index is 14.3. The summed E-state index contributed by atoms with van der Waals surface area (Å²) in [5.41, 5.74) is 9.45. The van der Waals surface area contributed by atoms with Crippen LogP contribution in [0.15, 0.2) is 158 Å². The maximum atomic E-state index is 14.3. The minimum atomic E-state index is -0.326. The van der Waals surface area contributed by atoms with Crippen LogP contribution in [0.5, 0.6) is 11.5 Å². The Labute approximate surface area is 420 Å². The Morgan fingerprint density at radius 2 is 0.903 bits per heavy atom. The molecule has 0 saturated carbocycles. The molecule has 0 bridgehead atoms. The molecule has 2 aliphatic heterocycles. The molecule has 0 amide bonds. The number of rotatable bonds is 12. The van der Waals surface area contributed by atoms with Crippen molar-refractivity contribution in [1.29, 1.82) is 0 Å². The second-order valence-corrected chi connectivity index (χ2v) is 18.9. The van der Waals surface area contributed by atoms with Gasteiger partial charge in [-0.25, -0.2) is 18.4 Å². The van der Waals surface area contributed by atoms with E-state index in [0.29, 0.717) is 35.0 Å². The Balaban J connectivity index is 0.000000178. The monoisotopic (exact) mass is 966 g/mol. The largest absolute Gasteiger partial charge is 0.489 e. The maximum Gasteiger partial charge on any atom is 0.338 e. The lowest BCUT2D eigenvalue weighted by Crippen LogP contribution is -2.37. The van der Waals surface area contributed by atoms with Crippen molar-refractivity contribution in [1.82, 2.24) is 10.6 Å². The van der Waals surface area contributed by atoms with Gasteiger partial charge in [-0.3, -0.25) is 0 Å². The zero-order valence-electron chi connectivity index (χ0n) is 41.5. The van der Waals surface area contributed by atoms with E-state index in [4.69, 9.17) is 18.9 Å². The lowest BCUT2D eigenvalue weighted by Gasteiger charge is -2.33. The van der Waals surface area contributed by atoms with Gasteiger partial charge in [-0.15, -0.1) is 0 Å². The first-order chi connectivity index (χ1) is 34.9. The Bertz CT molecular complexity index is 3050. The first-order valence-electron chi connectivity index (χ1n) is 24.6. The van der Waals surface area contributed by atoms with Crippen molar-refractivity contribution >= 4 is 33.5 Å². The topological polar surface area (TPSA) is 95.1 Å². The number of halogens is 2. The summed E-state index contributed by atoms with van der Waals surface area (Å²) in [6, 6.07) is 50.2. The van der Waals surface area contributed by atoms with E-state index in [-0.39, 0.29) is 59.7 Å². The number of benzene rings is 8. The molecule has 10 heteroatoms. The fraction of sp³-hybridized carbons (Fsp3) is 0.258. The SMILES string of the molecule is COC(=O)c1cc([C@@H]2C[C@H](CN[C@H](C)c3ccc(F)c4ccccc34)Oc3ccccc32)ccc1C.COC(=O)c1cc([C@H]2C[C@H](CN[C@H](C)c3ccc(F)c4ccccc34)Oc3ccccc32)ccc1C. The molecule has 8 nitrogen and oxygen atoms in total. The number of carbonyl (C=O) groups is 2. The molecule has 2 aliphatic rings. The highest BCUT2D eigenvalue weighted by Gasteiger charge is 2.32. The molecule has 0 aromatic heterocycles. The van der Waals surface area contributed by atoms with Crippen LogP contribution in [0.4, 0.5) is 8.78 Å². The highest BCUT2D eigenvalue weighted by molar-refractivity contribution is 5.92. The Hall–Kier alpha value is -7.40. The molecule has 0 radical (unpaired) electrons. The summed E-state index contributed by atoms with van der Waals surface area (Å²) >= 11 is 0. The molecule has 6 atom stereocenters. The predicted octanol–water partition coefficient (Wildman–Crippen LogP) is 13.4. The van der Waals surface area contributed by atoms with Crippen molar-refractivity contribution in [3.8, 4) is 11.5 Å². The highest BCUT2D eigenvalue weighted by Crippen LogP contribution is 2.43. The first kappa shape index (κ1) is 49.6. The van der Waals surface area contributed by atoms with Gasteiger partial charge in [0.15, 0.2) is 0 Å². The van der Waals surface area contributed by atoms with E-state index in [1.165, 1.54) is 26.4 Å². The van der Waals surface area contributed by atoms with Gasteiger partial charge >= 0.3 is 11.9 Å². The van der Waals surface area contributed by atoms with Crippen molar-refractivity contribution in [2.24, 2.45) is 0 Å². The van der Waals surface area contributed by atoms with Crippen LogP contribution in [-0.4, -0.2) is 51.5 Å². The van der Waals surface area contributed by atoms with Crippen molar-refractivity contribution < 1.29 is 37.3 Å². The highest BCUT2D eigenvalue weighted by atomic mass is 19.1. The minimum absolute atomic E-state index is 0.0139. The van der Waals surface area contributed by atoms with Gasteiger partial charge in [0.05, 0.1) is 25.3 Å². The summed E-state index contributed by atoms with van der Waals surface area (Å²) in [5.74, 6) is 0.838. The van der Waals surface area contributed by atoms with Crippen LogP contribution < -0.4 is 20.1 Å². The van der Waals surface area contributed by atoms with Crippen LogP contribution in [0.3, 0.4) is 0 Å². The Morgan fingerprint density at radius 1 is 0.528 bits per heavy atom. The van der Waals surface area contributed by atoms with Crippen molar-refractivity contribution in [2.45, 2.75) is 76.7 Å². The normalized spacial score (nSPS) is 17.8. The van der Waals surface area contributed by atoms with Crippen LogP contribution in [-0.2, 0) is 9.47 Å². The average Bonchev–Trinajstić information content (AvgIpc) is 3.41. The molecule has 0 fully saturated rings. The van der Waals surface area contributed by atoms with E-state index < -0.39 is 0 Å². The first-order valence-corrected chi connectivity index (χ1v) is 24.6. The summed E-state index contributed by atoms with van der Waals surface area (Å²) in [6.07, 6.45) is 1.40. The van der Waals surface area contributed by atoms with E-state index in [9.17, 15) is 18.4 Å². The van der Waals surface area contributed by atoms with Crippen LogP contribution in [0.25, 0.3) is 21.5 Å². The molecule has 0 saturated heterocycles. The zero-order chi connectivity index (χ0) is 50.5. The predicted molar refractivity (Wildman–Crippen MR) is 280 cm³/mol. The van der Waals surface area contributed by atoms with E-state index in [1.54, 1.807) is 0 Å². The Morgan fingerprint density at radius 3 is 1.31 bits per heavy atom. The molecular formula is C62H60F2N2O6. The van der Waals surface area contributed by atoms with Gasteiger partial charge in [0.25, 0.3) is 0 Å². The van der Waals surface area contributed by atoms with Crippen molar-refractivity contribution in [2.75, 3.05) is 27.3 Å². The number of fused-ring (bicyclic) bond motifs is 4. The lowest BCUT2D eigenvalue weighted by atomic mass is 9.83. The zero-order valence-corrected chi connectivity index (χ0v) is 41.5. The minimum Gasteiger partial charge on any atom is -0.489 e. The van der Waals surface area contributed by atoms with Gasteiger partial charge in [0.1, 0.15) is 35.3 Å². The molecule has 0 spiro atoms. The molecule has 2 N–H and O–H groups in total. The molecule has 2 heterocycles. The fourth-order valence-electron chi connectivity index (χ4n) is 10.4. The van der Waals surface area contributed by atoms with Gasteiger partial charge in [-0.1, -0.05) is 121 Å². The number of nitrogens with one attached hydrogen (secondary N) is 2. The standard InChI is InChI=1S/2C31H30FNO3/c2*1-19-12-13-21(16-27(19)31(34)35-3)28-17-22(36-30-11-7-6-10-26(28)30)18-33-20(2)23-14-15-29(32)25-9-5-4-8-24(23)25/h2*4-16,20,22,28,33H,17-18H2,1-3H3/t20-,22-,28+;20-,22-,28-/m11/s1. The van der Waals surface area contributed by atoms with Crippen LogP contribution in [0.2, 0.25) is 0 Å².